The molecule has 0 saturated heterocycles. The number of anilines is 1. The molecule has 1 heterocycles. The number of carbonyl (C=O) groups excluding carboxylic acids is 2. The van der Waals surface area contributed by atoms with Crippen molar-refractivity contribution in [2.75, 3.05) is 12.4 Å². The maximum Gasteiger partial charge on any atom is 0.276 e. The van der Waals surface area contributed by atoms with Gasteiger partial charge < -0.3 is 10.2 Å². The maximum absolute atomic E-state index is 13.8. The summed E-state index contributed by atoms with van der Waals surface area (Å²) in [6, 6.07) is 10.8. The predicted octanol–water partition coefficient (Wildman–Crippen LogP) is 3.87. The number of amides is 2. The van der Waals surface area contributed by atoms with E-state index in [-0.39, 0.29) is 17.5 Å². The van der Waals surface area contributed by atoms with Crippen LogP contribution in [0.15, 0.2) is 42.5 Å². The summed E-state index contributed by atoms with van der Waals surface area (Å²) in [6.45, 7) is 1.84. The Kier molecular flexibility index (Phi) is 5.54. The molecule has 1 aliphatic carbocycles. The number of carbonyl (C=O) groups is 2. The third-order valence-electron chi connectivity index (χ3n) is 5.50. The number of nitrogens with one attached hydrogen (secondary N) is 1. The number of halogens is 2. The summed E-state index contributed by atoms with van der Waals surface area (Å²) < 4.78 is 28.6. The fourth-order valence-corrected chi connectivity index (χ4v) is 3.78. The third kappa shape index (κ3) is 4.05. The Bertz CT molecular complexity index is 1170. The van der Waals surface area contributed by atoms with E-state index < -0.39 is 11.6 Å². The Labute approximate surface area is 178 Å². The molecule has 0 saturated carbocycles. The van der Waals surface area contributed by atoms with E-state index in [1.807, 2.05) is 12.1 Å². The molecular weight excluding hydrogens is 402 g/mol. The van der Waals surface area contributed by atoms with Crippen molar-refractivity contribution in [3.05, 3.63) is 76.6 Å². The van der Waals surface area contributed by atoms with Crippen molar-refractivity contribution in [3.8, 4) is 5.69 Å². The van der Waals surface area contributed by atoms with Gasteiger partial charge in [-0.1, -0.05) is 18.2 Å². The zero-order valence-electron chi connectivity index (χ0n) is 17.3. The first kappa shape index (κ1) is 20.7. The van der Waals surface area contributed by atoms with E-state index in [4.69, 9.17) is 0 Å². The highest BCUT2D eigenvalue weighted by molar-refractivity contribution is 6.04. The normalized spacial score (nSPS) is 12.5. The van der Waals surface area contributed by atoms with Gasteiger partial charge in [-0.15, -0.1) is 0 Å². The molecule has 0 unspecified atom stereocenters. The molecule has 8 heteroatoms. The number of benzene rings is 2. The molecule has 160 valence electrons. The number of hydrogen-bond acceptors (Lipinski definition) is 3. The molecule has 0 fully saturated rings. The minimum Gasteiger partial charge on any atom is -0.342 e. The Hall–Kier alpha value is -3.55. The lowest BCUT2D eigenvalue weighted by Crippen LogP contribution is -2.24. The van der Waals surface area contributed by atoms with Gasteiger partial charge in [-0.05, 0) is 43.0 Å². The fourth-order valence-electron chi connectivity index (χ4n) is 3.78. The Morgan fingerprint density at radius 2 is 1.90 bits per heavy atom. The van der Waals surface area contributed by atoms with Gasteiger partial charge in [0.1, 0.15) is 0 Å². The summed E-state index contributed by atoms with van der Waals surface area (Å²) >= 11 is 0. The van der Waals surface area contributed by atoms with Crippen LogP contribution in [0.25, 0.3) is 5.69 Å². The van der Waals surface area contributed by atoms with Crippen LogP contribution < -0.4 is 5.32 Å². The summed E-state index contributed by atoms with van der Waals surface area (Å²) in [7, 11) is 1.69. The Morgan fingerprint density at radius 3 is 2.65 bits per heavy atom. The van der Waals surface area contributed by atoms with Gasteiger partial charge in [0.2, 0.25) is 5.91 Å². The van der Waals surface area contributed by atoms with Crippen LogP contribution in [-0.4, -0.2) is 33.5 Å². The van der Waals surface area contributed by atoms with Crippen LogP contribution in [0.2, 0.25) is 0 Å². The van der Waals surface area contributed by atoms with Crippen molar-refractivity contribution in [2.24, 2.45) is 0 Å². The molecule has 0 atom stereocenters. The molecule has 1 aliphatic rings. The first-order valence-electron chi connectivity index (χ1n) is 10.0. The highest BCUT2D eigenvalue weighted by Gasteiger charge is 2.27. The highest BCUT2D eigenvalue weighted by Crippen LogP contribution is 2.29. The molecule has 31 heavy (non-hydrogen) atoms. The number of aromatic nitrogens is 2. The topological polar surface area (TPSA) is 67.2 Å². The van der Waals surface area contributed by atoms with Crippen LogP contribution in [0.1, 0.15) is 40.7 Å². The van der Waals surface area contributed by atoms with E-state index in [9.17, 15) is 18.4 Å². The zero-order valence-corrected chi connectivity index (χ0v) is 17.3. The monoisotopic (exact) mass is 424 g/mol. The van der Waals surface area contributed by atoms with Gasteiger partial charge in [-0.2, -0.15) is 5.10 Å². The number of nitrogens with zero attached hydrogens (tertiary/aromatic N) is 3. The van der Waals surface area contributed by atoms with Crippen molar-refractivity contribution < 1.29 is 18.4 Å². The summed E-state index contributed by atoms with van der Waals surface area (Å²) in [4.78, 5) is 26.3. The van der Waals surface area contributed by atoms with E-state index in [2.05, 4.69) is 10.4 Å². The summed E-state index contributed by atoms with van der Waals surface area (Å²) in [6.07, 6.45) is 2.25. The largest absolute Gasteiger partial charge is 0.342 e. The molecule has 0 bridgehead atoms. The van der Waals surface area contributed by atoms with Crippen LogP contribution >= 0.6 is 0 Å². The van der Waals surface area contributed by atoms with E-state index in [1.165, 1.54) is 17.7 Å². The van der Waals surface area contributed by atoms with Gasteiger partial charge in [0.05, 0.1) is 5.69 Å². The van der Waals surface area contributed by atoms with Crippen molar-refractivity contribution in [1.82, 2.24) is 14.7 Å². The van der Waals surface area contributed by atoms with Crippen LogP contribution in [0.5, 0.6) is 0 Å². The van der Waals surface area contributed by atoms with E-state index in [1.54, 1.807) is 24.1 Å². The summed E-state index contributed by atoms with van der Waals surface area (Å²) in [5.41, 5.74) is 3.69. The van der Waals surface area contributed by atoms with Gasteiger partial charge >= 0.3 is 0 Å². The first-order chi connectivity index (χ1) is 14.8. The molecule has 0 aliphatic heterocycles. The zero-order chi connectivity index (χ0) is 22.1. The van der Waals surface area contributed by atoms with Gasteiger partial charge in [0, 0.05) is 43.5 Å². The molecule has 2 amide bonds. The van der Waals surface area contributed by atoms with Crippen LogP contribution in [-0.2, 0) is 24.2 Å². The van der Waals surface area contributed by atoms with Crippen molar-refractivity contribution in [3.63, 3.8) is 0 Å². The minimum absolute atomic E-state index is 0.0794. The Morgan fingerprint density at radius 1 is 1.13 bits per heavy atom. The van der Waals surface area contributed by atoms with Crippen molar-refractivity contribution in [2.45, 2.75) is 32.7 Å². The van der Waals surface area contributed by atoms with Crippen molar-refractivity contribution in [1.29, 1.82) is 0 Å². The van der Waals surface area contributed by atoms with Gasteiger partial charge in [-0.25, -0.2) is 13.5 Å². The van der Waals surface area contributed by atoms with Crippen molar-refractivity contribution >= 4 is 17.5 Å². The standard InChI is InChI=1S/C23H22F2N4O2/c1-14(30)28(2)13-15-6-3-4-8-20(15)26-23(31)22-17-7-5-9-21(17)29(27-22)16-10-11-18(24)19(25)12-16/h3-4,6,8,10-12H,5,7,9,13H2,1-2H3,(H,26,31). The molecule has 3 aromatic rings. The van der Waals surface area contributed by atoms with Crippen LogP contribution in [0.4, 0.5) is 14.5 Å². The summed E-state index contributed by atoms with van der Waals surface area (Å²) in [5.74, 6) is -2.35. The molecule has 1 aromatic heterocycles. The fraction of sp³-hybridized carbons (Fsp3) is 0.261. The predicted molar refractivity (Wildman–Crippen MR) is 112 cm³/mol. The number of para-hydroxylation sites is 1. The van der Waals surface area contributed by atoms with Gasteiger partial charge in [-0.3, -0.25) is 9.59 Å². The first-order valence-corrected chi connectivity index (χ1v) is 10.0. The average Bonchev–Trinajstić information content (AvgIpc) is 3.34. The molecule has 6 nitrogen and oxygen atoms in total. The smallest absolute Gasteiger partial charge is 0.276 e. The Balaban J connectivity index is 1.65. The van der Waals surface area contributed by atoms with Gasteiger partial charge in [0.25, 0.3) is 5.91 Å². The molecule has 0 spiro atoms. The second-order valence-electron chi connectivity index (χ2n) is 7.62. The lowest BCUT2D eigenvalue weighted by molar-refractivity contribution is -0.128. The number of fused-ring (bicyclic) bond motifs is 1. The molecular formula is C23H22F2N4O2. The van der Waals surface area contributed by atoms with E-state index >= 15 is 0 Å². The number of hydrogen-bond donors (Lipinski definition) is 1. The van der Waals surface area contributed by atoms with Gasteiger partial charge in [0.15, 0.2) is 17.3 Å². The third-order valence-corrected chi connectivity index (χ3v) is 5.50. The number of rotatable bonds is 5. The second kappa shape index (κ2) is 8.29. The molecule has 2 aromatic carbocycles. The summed E-state index contributed by atoms with van der Waals surface area (Å²) in [5, 5.41) is 7.34. The van der Waals surface area contributed by atoms with E-state index in [0.29, 0.717) is 30.8 Å². The average molecular weight is 424 g/mol. The van der Waals surface area contributed by atoms with Crippen LogP contribution in [0.3, 0.4) is 0 Å². The maximum atomic E-state index is 13.8. The molecule has 4 rings (SSSR count). The van der Waals surface area contributed by atoms with E-state index in [0.717, 1.165) is 35.4 Å². The quantitative estimate of drug-likeness (QED) is 0.676. The van der Waals surface area contributed by atoms with Crippen LogP contribution in [0, 0.1) is 11.6 Å². The SMILES string of the molecule is CC(=O)N(C)Cc1ccccc1NC(=O)c1nn(-c2ccc(F)c(F)c2)c2c1CCC2. The highest BCUT2D eigenvalue weighted by atomic mass is 19.2. The second-order valence-corrected chi connectivity index (χ2v) is 7.62. The molecule has 1 N–H and O–H groups in total. The minimum atomic E-state index is -0.964. The lowest BCUT2D eigenvalue weighted by atomic mass is 10.1. The lowest BCUT2D eigenvalue weighted by Gasteiger charge is -2.17. The molecule has 0 radical (unpaired) electrons.